The van der Waals surface area contributed by atoms with E-state index in [-0.39, 0.29) is 19.1 Å². The molecule has 0 fully saturated rings. The molecule has 0 spiro atoms. The van der Waals surface area contributed by atoms with Gasteiger partial charge in [0.25, 0.3) is 0 Å². The molecule has 0 rings (SSSR count). The van der Waals surface area contributed by atoms with E-state index in [9.17, 15) is 9.59 Å². The molecular weight excluding hydrogens is 250 g/mol. The third kappa shape index (κ3) is 8.06. The van der Waals surface area contributed by atoms with Crippen LogP contribution in [-0.2, 0) is 14.3 Å². The number of hydrogen-bond acceptors (Lipinski definition) is 4. The number of methoxy groups -OCH3 is 1. The maximum absolute atomic E-state index is 11.9. The molecule has 0 aliphatic carbocycles. The Balaban J connectivity index is 4.76. The second kappa shape index (κ2) is 7.64. The van der Waals surface area contributed by atoms with E-state index < -0.39 is 24.2 Å². The lowest BCUT2D eigenvalue weighted by molar-refractivity contribution is -0.138. The van der Waals surface area contributed by atoms with Gasteiger partial charge in [-0.25, -0.2) is 4.79 Å². The molecule has 0 aliphatic heterocycles. The number of ether oxygens (including phenoxy) is 2. The molecule has 0 aromatic rings. The first-order valence-corrected chi connectivity index (χ1v) is 5.84. The fraction of sp³-hybridized carbons (Fsp3) is 0.692. The summed E-state index contributed by atoms with van der Waals surface area (Å²) in [5, 5.41) is 8.81. The Morgan fingerprint density at radius 2 is 2.00 bits per heavy atom. The minimum atomic E-state index is -1.13. The molecule has 19 heavy (non-hydrogen) atoms. The number of nitrogens with zero attached hydrogens (tertiary/aromatic N) is 1. The van der Waals surface area contributed by atoms with Crippen LogP contribution in [0.2, 0.25) is 0 Å². The monoisotopic (exact) mass is 271 g/mol. The zero-order valence-electron chi connectivity index (χ0n) is 11.8. The lowest BCUT2D eigenvalue weighted by Crippen LogP contribution is -2.42. The summed E-state index contributed by atoms with van der Waals surface area (Å²) in [5.41, 5.74) is -0.694. The summed E-state index contributed by atoms with van der Waals surface area (Å²) in [6.45, 7) is 4.98. The first kappa shape index (κ1) is 17.3. The van der Waals surface area contributed by atoms with Gasteiger partial charge >= 0.3 is 12.1 Å². The zero-order valence-corrected chi connectivity index (χ0v) is 11.8. The molecule has 108 valence electrons. The number of terminal acetylenes is 1. The second-order valence-electron chi connectivity index (χ2n) is 5.07. The van der Waals surface area contributed by atoms with Gasteiger partial charge in [-0.1, -0.05) is 5.92 Å². The fourth-order valence-corrected chi connectivity index (χ4v) is 1.31. The summed E-state index contributed by atoms with van der Waals surface area (Å²) >= 11 is 0. The van der Waals surface area contributed by atoms with Gasteiger partial charge in [0.1, 0.15) is 12.1 Å². The summed E-state index contributed by atoms with van der Waals surface area (Å²) in [6.07, 6.45) is 4.61. The Morgan fingerprint density at radius 3 is 2.37 bits per heavy atom. The van der Waals surface area contributed by atoms with E-state index in [4.69, 9.17) is 21.0 Å². The van der Waals surface area contributed by atoms with Crippen molar-refractivity contribution in [1.29, 1.82) is 0 Å². The molecule has 6 nitrogen and oxygen atoms in total. The van der Waals surface area contributed by atoms with Gasteiger partial charge in [-0.15, -0.1) is 6.42 Å². The third-order valence-electron chi connectivity index (χ3n) is 2.02. The fourth-order valence-electron chi connectivity index (χ4n) is 1.31. The molecule has 1 unspecified atom stereocenters. The minimum absolute atomic E-state index is 0.0750. The summed E-state index contributed by atoms with van der Waals surface area (Å²) in [5.74, 6) is 0.953. The molecule has 0 saturated heterocycles. The predicted molar refractivity (Wildman–Crippen MR) is 69.6 cm³/mol. The van der Waals surface area contributed by atoms with Crippen LogP contribution in [0, 0.1) is 18.3 Å². The second-order valence-corrected chi connectivity index (χ2v) is 5.07. The Labute approximate surface area is 113 Å². The number of carboxylic acids is 1. The van der Waals surface area contributed by atoms with E-state index in [0.29, 0.717) is 0 Å². The van der Waals surface area contributed by atoms with Crippen molar-refractivity contribution in [2.24, 2.45) is 5.92 Å². The number of carbonyl (C=O) groups excluding carboxylic acids is 1. The zero-order chi connectivity index (χ0) is 15.1. The molecule has 1 N–H and O–H groups in total. The standard InChI is InChI=1S/C13H21NO5/c1-6-10(9-18-5)7-14(8-11(15)16)12(17)19-13(2,3)4/h1,10H,7-9H2,2-5H3,(H,15,16). The van der Waals surface area contributed by atoms with Crippen LogP contribution in [0.3, 0.4) is 0 Å². The van der Waals surface area contributed by atoms with Crippen molar-refractivity contribution in [2.45, 2.75) is 26.4 Å². The summed E-state index contributed by atoms with van der Waals surface area (Å²) in [7, 11) is 1.49. The number of carboxylic acid groups (broad SMARTS) is 1. The maximum atomic E-state index is 11.9. The summed E-state index contributed by atoms with van der Waals surface area (Å²) in [4.78, 5) is 23.7. The maximum Gasteiger partial charge on any atom is 0.410 e. The smallest absolute Gasteiger partial charge is 0.410 e. The number of carbonyl (C=O) groups is 2. The van der Waals surface area contributed by atoms with E-state index >= 15 is 0 Å². The number of aliphatic carboxylic acids is 1. The molecule has 0 aromatic carbocycles. The van der Waals surface area contributed by atoms with Gasteiger partial charge in [-0.3, -0.25) is 9.69 Å². The van der Waals surface area contributed by atoms with E-state index in [1.807, 2.05) is 0 Å². The minimum Gasteiger partial charge on any atom is -0.480 e. The van der Waals surface area contributed by atoms with Crippen molar-refractivity contribution in [2.75, 3.05) is 26.8 Å². The van der Waals surface area contributed by atoms with Crippen LogP contribution in [0.25, 0.3) is 0 Å². The molecule has 1 atom stereocenters. The number of hydrogen-bond donors (Lipinski definition) is 1. The molecule has 0 aromatic heterocycles. The van der Waals surface area contributed by atoms with Crippen LogP contribution in [-0.4, -0.2) is 54.5 Å². The van der Waals surface area contributed by atoms with Crippen LogP contribution in [0.5, 0.6) is 0 Å². The van der Waals surface area contributed by atoms with Crippen molar-refractivity contribution < 1.29 is 24.2 Å². The molecule has 6 heteroatoms. The van der Waals surface area contributed by atoms with Gasteiger partial charge in [0.2, 0.25) is 0 Å². The highest BCUT2D eigenvalue weighted by Gasteiger charge is 2.25. The molecule has 0 bridgehead atoms. The van der Waals surface area contributed by atoms with Gasteiger partial charge in [0, 0.05) is 13.7 Å². The van der Waals surface area contributed by atoms with E-state index in [1.165, 1.54) is 7.11 Å². The molecular formula is C13H21NO5. The quantitative estimate of drug-likeness (QED) is 0.735. The van der Waals surface area contributed by atoms with Crippen molar-refractivity contribution >= 4 is 12.1 Å². The Morgan fingerprint density at radius 1 is 1.42 bits per heavy atom. The van der Waals surface area contributed by atoms with Crippen LogP contribution < -0.4 is 0 Å². The van der Waals surface area contributed by atoms with Crippen LogP contribution in [0.1, 0.15) is 20.8 Å². The number of rotatable bonds is 6. The molecule has 0 radical (unpaired) electrons. The largest absolute Gasteiger partial charge is 0.480 e. The normalized spacial score (nSPS) is 12.4. The van der Waals surface area contributed by atoms with Gasteiger partial charge in [0.15, 0.2) is 0 Å². The van der Waals surface area contributed by atoms with Crippen molar-refractivity contribution in [3.8, 4) is 12.3 Å². The first-order chi connectivity index (χ1) is 8.69. The van der Waals surface area contributed by atoms with Gasteiger partial charge in [0.05, 0.1) is 12.5 Å². The lowest BCUT2D eigenvalue weighted by atomic mass is 10.1. The summed E-state index contributed by atoms with van der Waals surface area (Å²) in [6, 6.07) is 0. The van der Waals surface area contributed by atoms with Crippen molar-refractivity contribution in [3.05, 3.63) is 0 Å². The summed E-state index contributed by atoms with van der Waals surface area (Å²) < 4.78 is 10.1. The molecule has 1 amide bonds. The Hall–Kier alpha value is -1.74. The van der Waals surface area contributed by atoms with E-state index in [0.717, 1.165) is 4.90 Å². The average Bonchev–Trinajstić information content (AvgIpc) is 2.24. The van der Waals surface area contributed by atoms with Crippen molar-refractivity contribution in [3.63, 3.8) is 0 Å². The highest BCUT2D eigenvalue weighted by atomic mass is 16.6. The lowest BCUT2D eigenvalue weighted by Gasteiger charge is -2.27. The third-order valence-corrected chi connectivity index (χ3v) is 2.02. The van der Waals surface area contributed by atoms with Gasteiger partial charge < -0.3 is 14.6 Å². The Bertz CT molecular complexity index is 353. The highest BCUT2D eigenvalue weighted by molar-refractivity contribution is 5.76. The van der Waals surface area contributed by atoms with Crippen LogP contribution in [0.4, 0.5) is 4.79 Å². The molecule has 0 saturated carbocycles. The van der Waals surface area contributed by atoms with Crippen LogP contribution in [0.15, 0.2) is 0 Å². The topological polar surface area (TPSA) is 76.1 Å². The highest BCUT2D eigenvalue weighted by Crippen LogP contribution is 2.11. The average molecular weight is 271 g/mol. The van der Waals surface area contributed by atoms with Gasteiger partial charge in [-0.2, -0.15) is 0 Å². The first-order valence-electron chi connectivity index (χ1n) is 5.84. The van der Waals surface area contributed by atoms with E-state index in [1.54, 1.807) is 20.8 Å². The van der Waals surface area contributed by atoms with E-state index in [2.05, 4.69) is 5.92 Å². The van der Waals surface area contributed by atoms with Crippen LogP contribution >= 0.6 is 0 Å². The number of amides is 1. The van der Waals surface area contributed by atoms with Gasteiger partial charge in [-0.05, 0) is 20.8 Å². The predicted octanol–water partition coefficient (Wildman–Crippen LogP) is 1.20. The Kier molecular flexibility index (Phi) is 6.94. The van der Waals surface area contributed by atoms with Crippen molar-refractivity contribution in [1.82, 2.24) is 4.90 Å². The molecule has 0 aliphatic rings. The SMILES string of the molecule is C#CC(COC)CN(CC(=O)O)C(=O)OC(C)(C)C. The molecule has 0 heterocycles.